The predicted molar refractivity (Wildman–Crippen MR) is 133 cm³/mol. The highest BCUT2D eigenvalue weighted by Gasteiger charge is 2.65. The molecule has 0 N–H and O–H groups in total. The summed E-state index contributed by atoms with van der Waals surface area (Å²) < 4.78 is 69.9. The molecule has 0 radical (unpaired) electrons. The first kappa shape index (κ1) is 25.8. The molecule has 2 heterocycles. The molecule has 2 aromatic rings. The maximum atomic E-state index is 11.6. The van der Waals surface area contributed by atoms with Crippen molar-refractivity contribution in [3.63, 3.8) is 0 Å². The Morgan fingerprint density at radius 3 is 2.47 bits per heavy atom. The van der Waals surface area contributed by atoms with Crippen LogP contribution in [-0.2, 0) is 44.8 Å². The fourth-order valence-electron chi connectivity index (χ4n) is 5.92. The molecule has 2 saturated carbocycles. The maximum Gasteiger partial charge on any atom is 0.320 e. The minimum absolute atomic E-state index is 0.143. The summed E-state index contributed by atoms with van der Waals surface area (Å²) in [5.74, 6) is 0.993. The standard InChI is InChI=1S/C15H17OS.C9H12O8S2/c1-16-14-8-9-15(17-10-4-5-11-17)13-7-3-2-6-12(13)14;10-7(3-18(11,12)13)16-8-4-1-5-6(2-4)19(14,15)17-9(5)8/h2-3,6-9H,4-5,10-11H2,1H3;4-6,8-9H,1-3H2,(H,11,12,13)/q+1;/p-1. The van der Waals surface area contributed by atoms with Crippen LogP contribution >= 0.6 is 0 Å². The van der Waals surface area contributed by atoms with Crippen molar-refractivity contribution < 1.29 is 39.8 Å². The molecule has 4 fully saturated rings. The minimum Gasteiger partial charge on any atom is -0.748 e. The van der Waals surface area contributed by atoms with E-state index in [1.165, 1.54) is 35.1 Å². The molecule has 2 saturated heterocycles. The number of ether oxygens (including phenoxy) is 2. The molecule has 4 aliphatic rings. The molecule has 0 spiro atoms. The summed E-state index contributed by atoms with van der Waals surface area (Å²) in [5.41, 5.74) is 0. The van der Waals surface area contributed by atoms with Gasteiger partial charge in [0, 0.05) is 33.5 Å². The second-order valence-corrected chi connectivity index (χ2v) is 15.0. The van der Waals surface area contributed by atoms with Gasteiger partial charge in [-0.1, -0.05) is 18.2 Å². The van der Waals surface area contributed by atoms with Crippen LogP contribution < -0.4 is 4.74 Å². The molecule has 6 rings (SSSR count). The van der Waals surface area contributed by atoms with E-state index >= 15 is 0 Å². The lowest BCUT2D eigenvalue weighted by Crippen LogP contribution is -2.38. The van der Waals surface area contributed by atoms with Crippen molar-refractivity contribution in [2.75, 3.05) is 24.4 Å². The van der Waals surface area contributed by atoms with Crippen LogP contribution in [0.25, 0.3) is 10.8 Å². The van der Waals surface area contributed by atoms with Gasteiger partial charge in [0.25, 0.3) is 10.1 Å². The van der Waals surface area contributed by atoms with E-state index in [1.807, 2.05) is 0 Å². The molecule has 0 aromatic heterocycles. The van der Waals surface area contributed by atoms with E-state index in [0.717, 1.165) is 5.75 Å². The summed E-state index contributed by atoms with van der Waals surface area (Å²) in [6, 6.07) is 13.0. The first-order valence-corrected chi connectivity index (χ1v) is 16.5. The van der Waals surface area contributed by atoms with Gasteiger partial charge in [-0.25, -0.2) is 8.42 Å². The highest BCUT2D eigenvalue weighted by atomic mass is 32.2. The zero-order valence-electron chi connectivity index (χ0n) is 19.7. The molecule has 196 valence electrons. The number of esters is 1. The quantitative estimate of drug-likeness (QED) is 0.235. The van der Waals surface area contributed by atoms with Gasteiger partial charge >= 0.3 is 5.97 Å². The molecule has 5 atom stereocenters. The van der Waals surface area contributed by atoms with Gasteiger partial charge in [-0.05, 0) is 43.9 Å². The zero-order valence-corrected chi connectivity index (χ0v) is 22.1. The lowest BCUT2D eigenvalue weighted by Gasteiger charge is -2.25. The summed E-state index contributed by atoms with van der Waals surface area (Å²) in [4.78, 5) is 12.9. The summed E-state index contributed by atoms with van der Waals surface area (Å²) in [5, 5.41) is 2.10. The SMILES string of the molecule is COc1ccc([S+]2CCCC2)c2ccccc12.O=C(CS(=O)(=O)[O-])OC1C2CC3C1OS(=O)(=O)C3C2. The average Bonchev–Trinajstić information content (AvgIpc) is 3.58. The second-order valence-electron chi connectivity index (χ2n) is 9.56. The van der Waals surface area contributed by atoms with Gasteiger partial charge in [-0.15, -0.1) is 0 Å². The number of rotatable bonds is 5. The molecule has 2 aliphatic carbocycles. The lowest BCUT2D eigenvalue weighted by atomic mass is 9.94. The number of carbonyl (C=O) groups excluding carboxylic acids is 1. The van der Waals surface area contributed by atoms with Gasteiger partial charge in [-0.3, -0.25) is 8.98 Å². The van der Waals surface area contributed by atoms with Crippen LogP contribution in [0, 0.1) is 11.8 Å². The molecule has 36 heavy (non-hydrogen) atoms. The van der Waals surface area contributed by atoms with Gasteiger partial charge in [0.2, 0.25) is 0 Å². The molecule has 2 bridgehead atoms. The average molecular weight is 557 g/mol. The molecular formula is C24H28O9S3. The molecule has 0 amide bonds. The number of carbonyl (C=O) groups is 1. The van der Waals surface area contributed by atoms with Crippen LogP contribution in [-0.4, -0.2) is 69.2 Å². The summed E-state index contributed by atoms with van der Waals surface area (Å²) in [7, 11) is -6.09. The predicted octanol–water partition coefficient (Wildman–Crippen LogP) is 2.20. The van der Waals surface area contributed by atoms with Gasteiger partial charge in [0.15, 0.2) is 4.90 Å². The molecule has 2 aromatic carbocycles. The minimum atomic E-state index is -4.70. The smallest absolute Gasteiger partial charge is 0.320 e. The fraction of sp³-hybridized carbons (Fsp3) is 0.542. The molecule has 12 heteroatoms. The van der Waals surface area contributed by atoms with Crippen LogP contribution in [0.15, 0.2) is 41.3 Å². The monoisotopic (exact) mass is 556 g/mol. The van der Waals surface area contributed by atoms with Crippen molar-refractivity contribution >= 4 is 47.9 Å². The molecule has 2 aliphatic heterocycles. The fourth-order valence-corrected chi connectivity index (χ4v) is 10.7. The number of hydrogen-bond donors (Lipinski definition) is 0. The highest BCUT2D eigenvalue weighted by molar-refractivity contribution is 7.97. The molecular weight excluding hydrogens is 528 g/mol. The van der Waals surface area contributed by atoms with E-state index in [2.05, 4.69) is 36.4 Å². The third-order valence-electron chi connectivity index (χ3n) is 7.38. The Morgan fingerprint density at radius 1 is 1.11 bits per heavy atom. The van der Waals surface area contributed by atoms with E-state index in [9.17, 15) is 26.2 Å². The summed E-state index contributed by atoms with van der Waals surface area (Å²) in [6.07, 6.45) is 2.22. The van der Waals surface area contributed by atoms with E-state index in [-0.39, 0.29) is 11.8 Å². The number of methoxy groups -OCH3 is 1. The normalized spacial score (nSPS) is 30.2. The van der Waals surface area contributed by atoms with E-state index < -0.39 is 49.4 Å². The van der Waals surface area contributed by atoms with Crippen molar-refractivity contribution in [2.24, 2.45) is 11.8 Å². The summed E-state index contributed by atoms with van der Waals surface area (Å²) in [6.45, 7) is 0. The second kappa shape index (κ2) is 9.79. The van der Waals surface area contributed by atoms with Crippen molar-refractivity contribution in [3.05, 3.63) is 36.4 Å². The van der Waals surface area contributed by atoms with Crippen LogP contribution in [0.4, 0.5) is 0 Å². The lowest BCUT2D eigenvalue weighted by molar-refractivity contribution is -0.152. The van der Waals surface area contributed by atoms with Crippen LogP contribution in [0.2, 0.25) is 0 Å². The Morgan fingerprint density at radius 2 is 1.81 bits per heavy atom. The third-order valence-corrected chi connectivity index (χ3v) is 12.3. The van der Waals surface area contributed by atoms with Gasteiger partial charge in [0.05, 0.1) is 12.4 Å². The maximum absolute atomic E-state index is 11.6. The van der Waals surface area contributed by atoms with Gasteiger partial charge < -0.3 is 14.0 Å². The molecule has 9 nitrogen and oxygen atoms in total. The Labute approximate surface area is 213 Å². The number of fused-ring (bicyclic) bond motifs is 2. The van der Waals surface area contributed by atoms with E-state index in [4.69, 9.17) is 13.7 Å². The van der Waals surface area contributed by atoms with Crippen LogP contribution in [0.1, 0.15) is 25.7 Å². The van der Waals surface area contributed by atoms with Crippen molar-refractivity contribution in [1.82, 2.24) is 0 Å². The van der Waals surface area contributed by atoms with E-state index in [0.29, 0.717) is 23.7 Å². The molecule has 5 unspecified atom stereocenters. The first-order chi connectivity index (χ1) is 17.1. The number of hydrogen-bond acceptors (Lipinski definition) is 9. The third kappa shape index (κ3) is 4.98. The van der Waals surface area contributed by atoms with Gasteiger partial charge in [-0.2, -0.15) is 8.42 Å². The number of benzene rings is 2. The zero-order chi connectivity index (χ0) is 25.7. The highest BCUT2D eigenvalue weighted by Crippen LogP contribution is 2.55. The largest absolute Gasteiger partial charge is 0.748 e. The summed E-state index contributed by atoms with van der Waals surface area (Å²) >= 11 is 0. The van der Waals surface area contributed by atoms with E-state index in [1.54, 1.807) is 12.0 Å². The van der Waals surface area contributed by atoms with Crippen LogP contribution in [0.5, 0.6) is 5.75 Å². The van der Waals surface area contributed by atoms with Crippen LogP contribution in [0.3, 0.4) is 0 Å². The Hall–Kier alpha value is -1.86. The van der Waals surface area contributed by atoms with Crippen molar-refractivity contribution in [3.8, 4) is 5.75 Å². The van der Waals surface area contributed by atoms with Crippen molar-refractivity contribution in [2.45, 2.75) is 48.0 Å². The Bertz CT molecular complexity index is 1370. The van der Waals surface area contributed by atoms with Crippen molar-refractivity contribution in [1.29, 1.82) is 0 Å². The van der Waals surface area contributed by atoms with Gasteiger partial charge in [0.1, 0.15) is 45.3 Å². The first-order valence-electron chi connectivity index (χ1n) is 11.9. The Kier molecular flexibility index (Phi) is 7.01. The Balaban J connectivity index is 0.000000149. The topological polar surface area (TPSA) is 136 Å².